The lowest BCUT2D eigenvalue weighted by molar-refractivity contribution is 0.412. The lowest BCUT2D eigenvalue weighted by atomic mass is 10.4. The first-order valence-electron chi connectivity index (χ1n) is 4.25. The van der Waals surface area contributed by atoms with Gasteiger partial charge in [-0.1, -0.05) is 5.16 Å². The number of nitrogens with zero attached hydrogens (tertiary/aromatic N) is 4. The molecule has 2 aromatic rings. The van der Waals surface area contributed by atoms with Crippen molar-refractivity contribution < 1.29 is 4.52 Å². The zero-order valence-electron chi connectivity index (χ0n) is 7.71. The van der Waals surface area contributed by atoms with E-state index >= 15 is 0 Å². The molecule has 0 aliphatic carbocycles. The highest BCUT2D eigenvalue weighted by atomic mass is 16.5. The summed E-state index contributed by atoms with van der Waals surface area (Å²) in [6.45, 7) is 0.464. The average Bonchev–Trinajstić information content (AvgIpc) is 2.79. The number of hydrogen-bond acceptors (Lipinski definition) is 6. The van der Waals surface area contributed by atoms with Gasteiger partial charge >= 0.3 is 0 Å². The molecular formula is C9H7N5O. The number of rotatable bonds is 3. The molecule has 74 valence electrons. The van der Waals surface area contributed by atoms with E-state index in [4.69, 9.17) is 5.26 Å². The van der Waals surface area contributed by atoms with E-state index in [9.17, 15) is 0 Å². The van der Waals surface area contributed by atoms with E-state index in [1.54, 1.807) is 12.1 Å². The van der Waals surface area contributed by atoms with Crippen LogP contribution in [0.2, 0.25) is 0 Å². The van der Waals surface area contributed by atoms with Crippen molar-refractivity contribution in [3.63, 3.8) is 0 Å². The molecule has 15 heavy (non-hydrogen) atoms. The SMILES string of the molecule is N#Cc1ccnc(NCc2ccon2)n1. The number of nitrogens with one attached hydrogen (secondary N) is 1. The summed E-state index contributed by atoms with van der Waals surface area (Å²) >= 11 is 0. The molecule has 0 saturated heterocycles. The predicted octanol–water partition coefficient (Wildman–Crippen LogP) is 0.948. The number of hydrogen-bond donors (Lipinski definition) is 1. The summed E-state index contributed by atoms with van der Waals surface area (Å²) in [5.41, 5.74) is 1.08. The second-order valence-electron chi connectivity index (χ2n) is 2.72. The summed E-state index contributed by atoms with van der Waals surface area (Å²) in [4.78, 5) is 7.90. The average molecular weight is 201 g/mol. The Bertz CT molecular complexity index is 473. The Morgan fingerprint density at radius 2 is 2.40 bits per heavy atom. The van der Waals surface area contributed by atoms with Gasteiger partial charge in [0.15, 0.2) is 0 Å². The van der Waals surface area contributed by atoms with Gasteiger partial charge in [-0.05, 0) is 6.07 Å². The van der Waals surface area contributed by atoms with Crippen molar-refractivity contribution in [2.45, 2.75) is 6.54 Å². The Labute approximate surface area is 85.6 Å². The van der Waals surface area contributed by atoms with Crippen molar-refractivity contribution in [2.75, 3.05) is 5.32 Å². The largest absolute Gasteiger partial charge is 0.364 e. The van der Waals surface area contributed by atoms with Gasteiger partial charge < -0.3 is 9.84 Å². The van der Waals surface area contributed by atoms with Crippen molar-refractivity contribution >= 4 is 5.95 Å². The van der Waals surface area contributed by atoms with Gasteiger partial charge in [0.25, 0.3) is 0 Å². The second-order valence-corrected chi connectivity index (χ2v) is 2.72. The topological polar surface area (TPSA) is 87.6 Å². The van der Waals surface area contributed by atoms with Gasteiger partial charge in [0, 0.05) is 12.3 Å². The molecule has 6 heteroatoms. The van der Waals surface area contributed by atoms with E-state index in [2.05, 4.69) is 25.0 Å². The summed E-state index contributed by atoms with van der Waals surface area (Å²) in [7, 11) is 0. The van der Waals surface area contributed by atoms with Crippen LogP contribution in [0.15, 0.2) is 29.1 Å². The summed E-state index contributed by atoms with van der Waals surface area (Å²) in [6, 6.07) is 5.22. The van der Waals surface area contributed by atoms with Crippen LogP contribution in [0.4, 0.5) is 5.95 Å². The normalized spacial score (nSPS) is 9.53. The van der Waals surface area contributed by atoms with Crippen LogP contribution in [-0.2, 0) is 6.54 Å². The molecule has 0 aliphatic rings. The molecule has 0 atom stereocenters. The molecule has 0 saturated carbocycles. The molecule has 2 aromatic heterocycles. The minimum absolute atomic E-state index is 0.327. The lowest BCUT2D eigenvalue weighted by Crippen LogP contribution is -2.04. The van der Waals surface area contributed by atoms with Gasteiger partial charge in [0.1, 0.15) is 23.7 Å². The first kappa shape index (κ1) is 9.15. The first-order valence-corrected chi connectivity index (χ1v) is 4.25. The molecule has 1 N–H and O–H groups in total. The van der Waals surface area contributed by atoms with Crippen molar-refractivity contribution in [1.29, 1.82) is 5.26 Å². The Morgan fingerprint density at radius 3 is 3.13 bits per heavy atom. The second kappa shape index (κ2) is 4.19. The third-order valence-electron chi connectivity index (χ3n) is 1.69. The highest BCUT2D eigenvalue weighted by molar-refractivity contribution is 5.30. The Hall–Kier alpha value is -2.42. The fourth-order valence-corrected chi connectivity index (χ4v) is 1.00. The minimum Gasteiger partial charge on any atom is -0.364 e. The molecule has 2 heterocycles. The molecule has 0 unspecified atom stereocenters. The van der Waals surface area contributed by atoms with Crippen LogP contribution in [0, 0.1) is 11.3 Å². The van der Waals surface area contributed by atoms with Gasteiger partial charge in [-0.3, -0.25) is 0 Å². The first-order chi connectivity index (χ1) is 7.38. The molecule has 0 fully saturated rings. The van der Waals surface area contributed by atoms with E-state index < -0.39 is 0 Å². The molecule has 0 aliphatic heterocycles. The highest BCUT2D eigenvalue weighted by Crippen LogP contribution is 2.02. The monoisotopic (exact) mass is 201 g/mol. The molecule has 0 bridgehead atoms. The zero-order valence-corrected chi connectivity index (χ0v) is 7.71. The number of aromatic nitrogens is 3. The maximum Gasteiger partial charge on any atom is 0.224 e. The van der Waals surface area contributed by atoms with Crippen LogP contribution in [-0.4, -0.2) is 15.1 Å². The summed E-state index contributed by atoms with van der Waals surface area (Å²) in [5, 5.41) is 15.3. The molecule has 6 nitrogen and oxygen atoms in total. The summed E-state index contributed by atoms with van der Waals surface area (Å²) in [5.74, 6) is 0.400. The standard InChI is InChI=1S/C9H7N5O/c10-5-7-1-3-11-9(13-7)12-6-8-2-4-15-14-8/h1-4H,6H2,(H,11,12,13). The fraction of sp³-hybridized carbons (Fsp3) is 0.111. The Kier molecular flexibility index (Phi) is 2.56. The van der Waals surface area contributed by atoms with Crippen LogP contribution in [0.3, 0.4) is 0 Å². The summed E-state index contributed by atoms with van der Waals surface area (Å²) < 4.78 is 4.66. The minimum atomic E-state index is 0.327. The third-order valence-corrected chi connectivity index (χ3v) is 1.69. The van der Waals surface area contributed by atoms with Gasteiger partial charge in [-0.2, -0.15) is 5.26 Å². The molecule has 0 radical (unpaired) electrons. The van der Waals surface area contributed by atoms with E-state index in [0.29, 0.717) is 18.2 Å². The molecule has 0 aromatic carbocycles. The highest BCUT2D eigenvalue weighted by Gasteiger charge is 1.99. The van der Waals surface area contributed by atoms with Gasteiger partial charge in [-0.25, -0.2) is 9.97 Å². The van der Waals surface area contributed by atoms with Crippen LogP contribution in [0.1, 0.15) is 11.4 Å². The predicted molar refractivity (Wildman–Crippen MR) is 50.6 cm³/mol. The summed E-state index contributed by atoms with van der Waals surface area (Å²) in [6.07, 6.45) is 3.01. The van der Waals surface area contributed by atoms with Crippen LogP contribution in [0.5, 0.6) is 0 Å². The Balaban J connectivity index is 2.02. The van der Waals surface area contributed by atoms with E-state index in [1.165, 1.54) is 12.5 Å². The number of anilines is 1. The molecule has 0 spiro atoms. The van der Waals surface area contributed by atoms with Gasteiger partial charge in [0.2, 0.25) is 5.95 Å². The van der Waals surface area contributed by atoms with Crippen molar-refractivity contribution in [3.8, 4) is 6.07 Å². The maximum atomic E-state index is 8.62. The zero-order chi connectivity index (χ0) is 10.5. The quantitative estimate of drug-likeness (QED) is 0.795. The van der Waals surface area contributed by atoms with Gasteiger partial charge in [0.05, 0.1) is 6.54 Å². The van der Waals surface area contributed by atoms with Crippen molar-refractivity contribution in [3.05, 3.63) is 36.0 Å². The maximum absolute atomic E-state index is 8.62. The molecule has 0 amide bonds. The number of nitriles is 1. The third kappa shape index (κ3) is 2.28. The van der Waals surface area contributed by atoms with Gasteiger partial charge in [-0.15, -0.1) is 0 Å². The van der Waals surface area contributed by atoms with Crippen molar-refractivity contribution in [2.24, 2.45) is 0 Å². The van der Waals surface area contributed by atoms with E-state index in [-0.39, 0.29) is 0 Å². The van der Waals surface area contributed by atoms with E-state index in [1.807, 2.05) is 6.07 Å². The van der Waals surface area contributed by atoms with Crippen LogP contribution in [0.25, 0.3) is 0 Å². The fourth-order valence-electron chi connectivity index (χ4n) is 1.00. The van der Waals surface area contributed by atoms with E-state index in [0.717, 1.165) is 5.69 Å². The van der Waals surface area contributed by atoms with Crippen molar-refractivity contribution in [1.82, 2.24) is 15.1 Å². The Morgan fingerprint density at radius 1 is 1.47 bits per heavy atom. The lowest BCUT2D eigenvalue weighted by Gasteiger charge is -2.00. The molecular weight excluding hydrogens is 194 g/mol. The van der Waals surface area contributed by atoms with Crippen LogP contribution >= 0.6 is 0 Å². The van der Waals surface area contributed by atoms with Crippen LogP contribution < -0.4 is 5.32 Å². The molecule has 2 rings (SSSR count). The smallest absolute Gasteiger partial charge is 0.224 e.